The van der Waals surface area contributed by atoms with Crippen LogP contribution in [0.2, 0.25) is 0 Å². The first-order chi connectivity index (χ1) is 9.28. The van der Waals surface area contributed by atoms with Crippen LogP contribution in [0, 0.1) is 0 Å². The Kier molecular flexibility index (Phi) is 3.71. The molecule has 2 atom stereocenters. The second-order valence-corrected chi connectivity index (χ2v) is 5.87. The highest BCUT2D eigenvalue weighted by Crippen LogP contribution is 2.27. The van der Waals surface area contributed by atoms with Gasteiger partial charge in [0.1, 0.15) is 5.82 Å². The Hall–Kier alpha value is -1.13. The third-order valence-electron chi connectivity index (χ3n) is 4.53. The Morgan fingerprint density at radius 2 is 2.21 bits per heavy atom. The van der Waals surface area contributed by atoms with Gasteiger partial charge in [-0.05, 0) is 37.9 Å². The molecular weight excluding hydrogens is 236 g/mol. The number of nitrogens with two attached hydrogens (primary N) is 1. The Bertz CT molecular complexity index is 417. The number of piperazine rings is 1. The van der Waals surface area contributed by atoms with Crippen LogP contribution in [0.4, 0.5) is 5.82 Å². The minimum Gasteiger partial charge on any atom is -0.351 e. The van der Waals surface area contributed by atoms with Crippen LogP contribution in [-0.2, 0) is 6.54 Å². The fraction of sp³-hybridized carbons (Fsp3) is 0.667. The number of rotatable bonds is 2. The quantitative estimate of drug-likeness (QED) is 0.877. The molecule has 0 aliphatic carbocycles. The lowest BCUT2D eigenvalue weighted by Crippen LogP contribution is -2.59. The van der Waals surface area contributed by atoms with Gasteiger partial charge in [0.15, 0.2) is 0 Å². The van der Waals surface area contributed by atoms with Gasteiger partial charge in [0.2, 0.25) is 0 Å². The van der Waals surface area contributed by atoms with Gasteiger partial charge >= 0.3 is 0 Å². The van der Waals surface area contributed by atoms with Crippen molar-refractivity contribution < 1.29 is 0 Å². The van der Waals surface area contributed by atoms with E-state index in [-0.39, 0.29) is 0 Å². The molecule has 0 saturated carbocycles. The maximum Gasteiger partial charge on any atom is 0.128 e. The fourth-order valence-corrected chi connectivity index (χ4v) is 3.38. The molecule has 4 heteroatoms. The largest absolute Gasteiger partial charge is 0.351 e. The Labute approximate surface area is 115 Å². The van der Waals surface area contributed by atoms with Crippen molar-refractivity contribution in [1.29, 1.82) is 0 Å². The van der Waals surface area contributed by atoms with E-state index in [4.69, 9.17) is 5.73 Å². The highest BCUT2D eigenvalue weighted by molar-refractivity contribution is 5.41. The summed E-state index contributed by atoms with van der Waals surface area (Å²) in [6.45, 7) is 6.45. The van der Waals surface area contributed by atoms with Crippen molar-refractivity contribution in [2.45, 2.75) is 44.8 Å². The number of hydrogen-bond acceptors (Lipinski definition) is 4. The molecule has 2 unspecified atom stereocenters. The van der Waals surface area contributed by atoms with Crippen LogP contribution in [0.3, 0.4) is 0 Å². The smallest absolute Gasteiger partial charge is 0.128 e. The predicted octanol–water partition coefficient (Wildman–Crippen LogP) is 1.60. The van der Waals surface area contributed by atoms with Crippen molar-refractivity contribution in [3.63, 3.8) is 0 Å². The molecule has 1 aromatic heterocycles. The Morgan fingerprint density at radius 1 is 1.32 bits per heavy atom. The molecule has 0 bridgehead atoms. The van der Waals surface area contributed by atoms with Crippen molar-refractivity contribution in [1.82, 2.24) is 9.88 Å². The lowest BCUT2D eigenvalue weighted by Gasteiger charge is -2.48. The van der Waals surface area contributed by atoms with E-state index in [1.807, 2.05) is 6.20 Å². The Balaban J connectivity index is 1.75. The van der Waals surface area contributed by atoms with Gasteiger partial charge < -0.3 is 10.6 Å². The summed E-state index contributed by atoms with van der Waals surface area (Å²) in [6.07, 6.45) is 6.00. The lowest BCUT2D eigenvalue weighted by atomic mass is 9.97. The monoisotopic (exact) mass is 260 g/mol. The van der Waals surface area contributed by atoms with Gasteiger partial charge in [-0.2, -0.15) is 0 Å². The molecule has 0 amide bonds. The third-order valence-corrected chi connectivity index (χ3v) is 4.53. The zero-order chi connectivity index (χ0) is 13.2. The molecule has 2 aliphatic rings. The molecule has 104 valence electrons. The summed E-state index contributed by atoms with van der Waals surface area (Å²) in [4.78, 5) is 9.72. The molecule has 2 saturated heterocycles. The normalized spacial score (nSPS) is 28.2. The molecule has 2 fully saturated rings. The number of hydrogen-bond donors (Lipinski definition) is 1. The number of nitrogens with zero attached hydrogens (tertiary/aromatic N) is 3. The molecule has 3 rings (SSSR count). The fourth-order valence-electron chi connectivity index (χ4n) is 3.38. The SMILES string of the molecule is CC1CN2CCCCC2CN1c1ccc(CN)cn1. The molecule has 2 aliphatic heterocycles. The van der Waals surface area contributed by atoms with Crippen LogP contribution >= 0.6 is 0 Å². The van der Waals surface area contributed by atoms with E-state index in [1.165, 1.54) is 32.4 Å². The van der Waals surface area contributed by atoms with E-state index in [1.54, 1.807) is 0 Å². The summed E-state index contributed by atoms with van der Waals surface area (Å²) in [6, 6.07) is 5.49. The molecule has 19 heavy (non-hydrogen) atoms. The summed E-state index contributed by atoms with van der Waals surface area (Å²) in [5.74, 6) is 1.11. The lowest BCUT2D eigenvalue weighted by molar-refractivity contribution is 0.115. The molecular formula is C15H24N4. The van der Waals surface area contributed by atoms with Crippen LogP contribution < -0.4 is 10.6 Å². The maximum atomic E-state index is 5.63. The first-order valence-electron chi connectivity index (χ1n) is 7.43. The number of aromatic nitrogens is 1. The van der Waals surface area contributed by atoms with Gasteiger partial charge in [-0.25, -0.2) is 4.98 Å². The standard InChI is InChI=1S/C15H24N4/c1-12-10-18-7-3-2-4-14(18)11-19(12)15-6-5-13(8-16)9-17-15/h5-6,9,12,14H,2-4,7-8,10-11,16H2,1H3. The zero-order valence-electron chi connectivity index (χ0n) is 11.8. The number of anilines is 1. The van der Waals surface area contributed by atoms with Gasteiger partial charge in [-0.15, -0.1) is 0 Å². The number of pyridine rings is 1. The van der Waals surface area contributed by atoms with Crippen molar-refractivity contribution in [3.8, 4) is 0 Å². The van der Waals surface area contributed by atoms with E-state index in [2.05, 4.69) is 33.8 Å². The highest BCUT2D eigenvalue weighted by Gasteiger charge is 2.33. The second-order valence-electron chi connectivity index (χ2n) is 5.87. The second kappa shape index (κ2) is 5.47. The van der Waals surface area contributed by atoms with E-state index >= 15 is 0 Å². The van der Waals surface area contributed by atoms with Crippen molar-refractivity contribution >= 4 is 5.82 Å². The van der Waals surface area contributed by atoms with Gasteiger partial charge in [0.25, 0.3) is 0 Å². The van der Waals surface area contributed by atoms with E-state index < -0.39 is 0 Å². The summed E-state index contributed by atoms with van der Waals surface area (Å²) in [7, 11) is 0. The molecule has 1 aromatic rings. The van der Waals surface area contributed by atoms with Crippen LogP contribution in [0.5, 0.6) is 0 Å². The zero-order valence-corrected chi connectivity index (χ0v) is 11.8. The Morgan fingerprint density at radius 3 is 2.95 bits per heavy atom. The van der Waals surface area contributed by atoms with Gasteiger partial charge in [0.05, 0.1) is 0 Å². The predicted molar refractivity (Wildman–Crippen MR) is 78.1 cm³/mol. The van der Waals surface area contributed by atoms with Gasteiger partial charge in [-0.1, -0.05) is 12.5 Å². The van der Waals surface area contributed by atoms with Crippen LogP contribution in [-0.4, -0.2) is 41.6 Å². The first kappa shape index (κ1) is 12.9. The molecule has 0 aromatic carbocycles. The molecule has 4 nitrogen and oxygen atoms in total. The first-order valence-corrected chi connectivity index (χ1v) is 7.43. The summed E-state index contributed by atoms with van der Waals surface area (Å²) in [5, 5.41) is 0. The minimum atomic E-state index is 0.547. The minimum absolute atomic E-state index is 0.547. The summed E-state index contributed by atoms with van der Waals surface area (Å²) < 4.78 is 0. The van der Waals surface area contributed by atoms with Crippen molar-refractivity contribution in [2.75, 3.05) is 24.5 Å². The van der Waals surface area contributed by atoms with E-state index in [0.717, 1.165) is 24.0 Å². The van der Waals surface area contributed by atoms with Crippen LogP contribution in [0.1, 0.15) is 31.7 Å². The number of fused-ring (bicyclic) bond motifs is 1. The van der Waals surface area contributed by atoms with Crippen molar-refractivity contribution in [2.24, 2.45) is 5.73 Å². The van der Waals surface area contributed by atoms with E-state index in [0.29, 0.717) is 12.6 Å². The van der Waals surface area contributed by atoms with Crippen LogP contribution in [0.15, 0.2) is 18.3 Å². The number of piperidine rings is 1. The van der Waals surface area contributed by atoms with Gasteiger partial charge in [0, 0.05) is 37.9 Å². The maximum absolute atomic E-state index is 5.63. The average molecular weight is 260 g/mol. The molecule has 2 N–H and O–H groups in total. The summed E-state index contributed by atoms with van der Waals surface area (Å²) in [5.41, 5.74) is 6.74. The molecule has 3 heterocycles. The van der Waals surface area contributed by atoms with Crippen molar-refractivity contribution in [3.05, 3.63) is 23.9 Å². The van der Waals surface area contributed by atoms with Crippen LogP contribution in [0.25, 0.3) is 0 Å². The highest BCUT2D eigenvalue weighted by atomic mass is 15.3. The topological polar surface area (TPSA) is 45.4 Å². The molecule has 0 radical (unpaired) electrons. The average Bonchev–Trinajstić information content (AvgIpc) is 2.47. The summed E-state index contributed by atoms with van der Waals surface area (Å²) >= 11 is 0. The third kappa shape index (κ3) is 2.60. The van der Waals surface area contributed by atoms with Gasteiger partial charge in [-0.3, -0.25) is 4.90 Å². The van der Waals surface area contributed by atoms with E-state index in [9.17, 15) is 0 Å². The molecule has 0 spiro atoms.